The number of halogens is 1. The number of likely N-dealkylation sites (N-methyl/N-ethyl adjacent to an activating group) is 1. The van der Waals surface area contributed by atoms with Crippen molar-refractivity contribution in [3.63, 3.8) is 0 Å². The van der Waals surface area contributed by atoms with E-state index in [0.717, 1.165) is 0 Å². The Bertz CT molecular complexity index is 355. The van der Waals surface area contributed by atoms with E-state index in [1.807, 2.05) is 6.92 Å². The lowest BCUT2D eigenvalue weighted by Gasteiger charge is -2.08. The molecule has 0 aliphatic heterocycles. The molecule has 0 unspecified atom stereocenters. The Labute approximate surface area is 93.8 Å². The molecule has 0 bridgehead atoms. The normalized spacial score (nSPS) is 9.73. The second kappa shape index (κ2) is 5.46. The lowest BCUT2D eigenvalue weighted by Crippen LogP contribution is -2.29. The molecule has 1 rings (SSSR count). The summed E-state index contributed by atoms with van der Waals surface area (Å²) in [6.07, 6.45) is 0. The molecular formula is C10H14ClN3O. The minimum absolute atomic E-state index is 0.0645. The van der Waals surface area contributed by atoms with Crippen molar-refractivity contribution in [3.8, 4) is 0 Å². The molecule has 0 aliphatic carbocycles. The molecule has 82 valence electrons. The summed E-state index contributed by atoms with van der Waals surface area (Å²) in [5.74, 6) is -0.0645. The summed E-state index contributed by atoms with van der Waals surface area (Å²) in [7, 11) is 0. The van der Waals surface area contributed by atoms with Crippen molar-refractivity contribution in [1.29, 1.82) is 0 Å². The van der Waals surface area contributed by atoms with Crippen molar-refractivity contribution < 1.29 is 4.79 Å². The predicted octanol–water partition coefficient (Wildman–Crippen LogP) is 1.47. The van der Waals surface area contributed by atoms with Gasteiger partial charge in [0.25, 0.3) is 0 Å². The molecule has 0 spiro atoms. The number of anilines is 2. The van der Waals surface area contributed by atoms with E-state index in [0.29, 0.717) is 22.9 Å². The maximum Gasteiger partial charge on any atom is 0.239 e. The quantitative estimate of drug-likeness (QED) is 0.683. The van der Waals surface area contributed by atoms with E-state index in [4.69, 9.17) is 17.3 Å². The Morgan fingerprint density at radius 2 is 2.27 bits per heavy atom. The third kappa shape index (κ3) is 3.67. The molecule has 1 aromatic carbocycles. The maximum atomic E-state index is 11.2. The van der Waals surface area contributed by atoms with Crippen LogP contribution < -0.4 is 16.4 Å². The Balaban J connectivity index is 2.54. The molecule has 1 amide bonds. The van der Waals surface area contributed by atoms with Crippen molar-refractivity contribution >= 4 is 28.9 Å². The van der Waals surface area contributed by atoms with Crippen LogP contribution in [0.25, 0.3) is 0 Å². The highest BCUT2D eigenvalue weighted by atomic mass is 35.5. The highest BCUT2D eigenvalue weighted by Gasteiger charge is 2.02. The molecule has 4 N–H and O–H groups in total. The summed E-state index contributed by atoms with van der Waals surface area (Å²) in [6, 6.07) is 5.12. The van der Waals surface area contributed by atoms with Crippen LogP contribution in [-0.2, 0) is 4.79 Å². The largest absolute Gasteiger partial charge is 0.399 e. The van der Waals surface area contributed by atoms with Gasteiger partial charge in [0, 0.05) is 12.2 Å². The third-order valence-corrected chi connectivity index (χ3v) is 2.12. The first-order valence-corrected chi connectivity index (χ1v) is 5.07. The van der Waals surface area contributed by atoms with Crippen molar-refractivity contribution in [3.05, 3.63) is 23.2 Å². The Morgan fingerprint density at radius 1 is 1.53 bits per heavy atom. The van der Waals surface area contributed by atoms with Gasteiger partial charge in [-0.1, -0.05) is 11.6 Å². The molecule has 4 nitrogen and oxygen atoms in total. The van der Waals surface area contributed by atoms with Crippen LogP contribution in [0.5, 0.6) is 0 Å². The average Bonchev–Trinajstić information content (AvgIpc) is 2.17. The first-order chi connectivity index (χ1) is 7.13. The summed E-state index contributed by atoms with van der Waals surface area (Å²) in [4.78, 5) is 11.2. The van der Waals surface area contributed by atoms with E-state index in [2.05, 4.69) is 10.6 Å². The standard InChI is InChI=1S/C10H14ClN3O/c1-2-13-10(15)6-14-9-4-3-7(12)5-8(9)11/h3-5,14H,2,6,12H2,1H3,(H,13,15). The molecule has 5 heteroatoms. The molecule has 0 saturated carbocycles. The Kier molecular flexibility index (Phi) is 4.24. The number of amides is 1. The van der Waals surface area contributed by atoms with Gasteiger partial charge < -0.3 is 16.4 Å². The van der Waals surface area contributed by atoms with Crippen LogP contribution in [0.3, 0.4) is 0 Å². The topological polar surface area (TPSA) is 67.2 Å². The van der Waals surface area contributed by atoms with E-state index in [9.17, 15) is 4.79 Å². The van der Waals surface area contributed by atoms with Crippen molar-refractivity contribution in [1.82, 2.24) is 5.32 Å². The molecule has 15 heavy (non-hydrogen) atoms. The van der Waals surface area contributed by atoms with Crippen LogP contribution in [0.2, 0.25) is 5.02 Å². The molecule has 0 heterocycles. The second-order valence-electron chi connectivity index (χ2n) is 3.05. The lowest BCUT2D eigenvalue weighted by molar-refractivity contribution is -0.119. The fourth-order valence-electron chi connectivity index (χ4n) is 1.11. The number of benzene rings is 1. The van der Waals surface area contributed by atoms with Crippen LogP contribution in [0.4, 0.5) is 11.4 Å². The zero-order chi connectivity index (χ0) is 11.3. The summed E-state index contributed by atoms with van der Waals surface area (Å²) in [6.45, 7) is 2.70. The Hall–Kier alpha value is -1.42. The number of hydrogen-bond donors (Lipinski definition) is 3. The van der Waals surface area contributed by atoms with Gasteiger partial charge in [-0.3, -0.25) is 4.79 Å². The van der Waals surface area contributed by atoms with Crippen LogP contribution >= 0.6 is 11.6 Å². The van der Waals surface area contributed by atoms with Gasteiger partial charge in [0.2, 0.25) is 5.91 Å². The highest BCUT2D eigenvalue weighted by Crippen LogP contribution is 2.23. The van der Waals surface area contributed by atoms with Crippen LogP contribution in [0, 0.1) is 0 Å². The number of rotatable bonds is 4. The number of nitrogen functional groups attached to an aromatic ring is 1. The van der Waals surface area contributed by atoms with Crippen LogP contribution in [0.15, 0.2) is 18.2 Å². The van der Waals surface area contributed by atoms with E-state index in [1.54, 1.807) is 18.2 Å². The molecule has 0 fully saturated rings. The fraction of sp³-hybridized carbons (Fsp3) is 0.300. The molecule has 1 aromatic rings. The molecule has 0 aliphatic rings. The molecular weight excluding hydrogens is 214 g/mol. The smallest absolute Gasteiger partial charge is 0.239 e. The second-order valence-corrected chi connectivity index (χ2v) is 3.45. The number of nitrogens with one attached hydrogen (secondary N) is 2. The minimum Gasteiger partial charge on any atom is -0.399 e. The summed E-state index contributed by atoms with van der Waals surface area (Å²) in [5.41, 5.74) is 6.85. The van der Waals surface area contributed by atoms with Gasteiger partial charge in [-0.25, -0.2) is 0 Å². The number of carbonyl (C=O) groups is 1. The van der Waals surface area contributed by atoms with E-state index >= 15 is 0 Å². The van der Waals surface area contributed by atoms with Gasteiger partial charge in [0.05, 0.1) is 17.3 Å². The third-order valence-electron chi connectivity index (χ3n) is 1.81. The van der Waals surface area contributed by atoms with E-state index < -0.39 is 0 Å². The number of carbonyl (C=O) groups excluding carboxylic acids is 1. The number of hydrogen-bond acceptors (Lipinski definition) is 3. The summed E-state index contributed by atoms with van der Waals surface area (Å²) >= 11 is 5.92. The predicted molar refractivity (Wildman–Crippen MR) is 63.0 cm³/mol. The van der Waals surface area contributed by atoms with Gasteiger partial charge in [-0.05, 0) is 25.1 Å². The van der Waals surface area contributed by atoms with Gasteiger partial charge >= 0.3 is 0 Å². The van der Waals surface area contributed by atoms with Crippen molar-refractivity contribution in [2.45, 2.75) is 6.92 Å². The maximum absolute atomic E-state index is 11.2. The van der Waals surface area contributed by atoms with Gasteiger partial charge in [0.1, 0.15) is 0 Å². The molecule has 0 atom stereocenters. The monoisotopic (exact) mass is 227 g/mol. The average molecular weight is 228 g/mol. The SMILES string of the molecule is CCNC(=O)CNc1ccc(N)cc1Cl. The first kappa shape index (κ1) is 11.7. The van der Waals surface area contributed by atoms with Crippen LogP contribution in [0.1, 0.15) is 6.92 Å². The van der Waals surface area contributed by atoms with Gasteiger partial charge in [-0.15, -0.1) is 0 Å². The first-order valence-electron chi connectivity index (χ1n) is 4.69. The van der Waals surface area contributed by atoms with Gasteiger partial charge in [-0.2, -0.15) is 0 Å². The summed E-state index contributed by atoms with van der Waals surface area (Å²) in [5, 5.41) is 6.12. The molecule has 0 radical (unpaired) electrons. The number of nitrogens with two attached hydrogens (primary N) is 1. The minimum atomic E-state index is -0.0645. The van der Waals surface area contributed by atoms with Gasteiger partial charge in [0.15, 0.2) is 0 Å². The van der Waals surface area contributed by atoms with Crippen LogP contribution in [-0.4, -0.2) is 19.0 Å². The molecule has 0 saturated heterocycles. The molecule has 0 aromatic heterocycles. The van der Waals surface area contributed by atoms with Crippen molar-refractivity contribution in [2.24, 2.45) is 0 Å². The summed E-state index contributed by atoms with van der Waals surface area (Å²) < 4.78 is 0. The highest BCUT2D eigenvalue weighted by molar-refractivity contribution is 6.33. The zero-order valence-electron chi connectivity index (χ0n) is 8.51. The van der Waals surface area contributed by atoms with Crippen molar-refractivity contribution in [2.75, 3.05) is 24.1 Å². The zero-order valence-corrected chi connectivity index (χ0v) is 9.27. The van der Waals surface area contributed by atoms with E-state index in [-0.39, 0.29) is 12.5 Å². The fourth-order valence-corrected chi connectivity index (χ4v) is 1.37. The lowest BCUT2D eigenvalue weighted by atomic mass is 10.3. The van der Waals surface area contributed by atoms with E-state index in [1.165, 1.54) is 0 Å². The Morgan fingerprint density at radius 3 is 2.87 bits per heavy atom.